The number of benzene rings is 1. The fraction of sp³-hybridized carbons (Fsp3) is 0.294. The first kappa shape index (κ1) is 16.6. The summed E-state index contributed by atoms with van der Waals surface area (Å²) in [5, 5.41) is 11.4. The molecule has 0 fully saturated rings. The van der Waals surface area contributed by atoms with Crippen LogP contribution in [0.2, 0.25) is 0 Å². The number of hydrogen-bond donors (Lipinski definition) is 0. The lowest BCUT2D eigenvalue weighted by Gasteiger charge is -2.14. The molecule has 6 nitrogen and oxygen atoms in total. The van der Waals surface area contributed by atoms with E-state index >= 15 is 0 Å². The van der Waals surface area contributed by atoms with Crippen molar-refractivity contribution in [2.75, 3.05) is 6.61 Å². The zero-order valence-electron chi connectivity index (χ0n) is 13.2. The number of rotatable bonds is 5. The van der Waals surface area contributed by atoms with Gasteiger partial charge in [-0.05, 0) is 12.8 Å². The van der Waals surface area contributed by atoms with E-state index in [0.717, 1.165) is 0 Å². The minimum absolute atomic E-state index is 0.134. The smallest absolute Gasteiger partial charge is 0.342 e. The van der Waals surface area contributed by atoms with Gasteiger partial charge in [0.1, 0.15) is 11.3 Å². The van der Waals surface area contributed by atoms with Gasteiger partial charge in [-0.2, -0.15) is 0 Å². The van der Waals surface area contributed by atoms with Crippen LogP contribution in [0.5, 0.6) is 0 Å². The molecule has 0 unspecified atom stereocenters. The molecule has 1 aromatic carbocycles. The van der Waals surface area contributed by atoms with E-state index in [0.29, 0.717) is 5.56 Å². The first-order chi connectivity index (χ1) is 10.9. The lowest BCUT2D eigenvalue weighted by molar-refractivity contribution is -0.255. The summed E-state index contributed by atoms with van der Waals surface area (Å²) in [5.41, 5.74) is 0.280. The highest BCUT2D eigenvalue weighted by atomic mass is 16.5. The average Bonchev–Trinajstić information content (AvgIpc) is 2.52. The van der Waals surface area contributed by atoms with Gasteiger partial charge in [0.2, 0.25) is 0 Å². The highest BCUT2D eigenvalue weighted by molar-refractivity contribution is 6.01. The Labute approximate surface area is 134 Å². The number of aryl methyl sites for hydroxylation is 1. The topological polar surface area (TPSA) is 92.2 Å². The summed E-state index contributed by atoms with van der Waals surface area (Å²) in [4.78, 5) is 31.7. The molecule has 120 valence electrons. The van der Waals surface area contributed by atoms with Crippen LogP contribution in [-0.4, -0.2) is 28.5 Å². The summed E-state index contributed by atoms with van der Waals surface area (Å²) in [6, 6.07) is 8.91. The molecule has 0 saturated carbocycles. The maximum absolute atomic E-state index is 12.1. The van der Waals surface area contributed by atoms with Gasteiger partial charge in [-0.3, -0.25) is 0 Å². The Bertz CT molecular complexity index is 727. The van der Waals surface area contributed by atoms with E-state index in [1.807, 2.05) is 19.9 Å². The van der Waals surface area contributed by atoms with E-state index in [9.17, 15) is 14.7 Å². The van der Waals surface area contributed by atoms with Crippen molar-refractivity contribution in [2.24, 2.45) is 5.92 Å². The van der Waals surface area contributed by atoms with Gasteiger partial charge in [0.05, 0.1) is 18.3 Å². The third kappa shape index (κ3) is 3.91. The number of carbonyl (C=O) groups excluding carboxylic acids is 2. The number of esters is 1. The van der Waals surface area contributed by atoms with Crippen molar-refractivity contribution < 1.29 is 19.4 Å². The number of hydrogen-bond acceptors (Lipinski definition) is 6. The van der Waals surface area contributed by atoms with Crippen molar-refractivity contribution >= 4 is 11.9 Å². The minimum atomic E-state index is -1.54. The normalized spacial score (nSPS) is 10.6. The molecule has 1 heterocycles. The van der Waals surface area contributed by atoms with Gasteiger partial charge in [-0.25, -0.2) is 14.8 Å². The molecule has 2 aromatic rings. The monoisotopic (exact) mass is 313 g/mol. The zero-order chi connectivity index (χ0) is 17.0. The Morgan fingerprint density at radius 3 is 2.39 bits per heavy atom. The van der Waals surface area contributed by atoms with Crippen LogP contribution in [0.1, 0.15) is 40.4 Å². The van der Waals surface area contributed by atoms with Crippen molar-refractivity contribution in [3.05, 3.63) is 47.3 Å². The van der Waals surface area contributed by atoms with Crippen LogP contribution >= 0.6 is 0 Å². The van der Waals surface area contributed by atoms with Crippen LogP contribution in [0.4, 0.5) is 0 Å². The summed E-state index contributed by atoms with van der Waals surface area (Å²) in [5.74, 6) is -1.93. The van der Waals surface area contributed by atoms with Gasteiger partial charge in [0.25, 0.3) is 0 Å². The van der Waals surface area contributed by atoms with Gasteiger partial charge in [-0.1, -0.05) is 44.2 Å². The molecular weight excluding hydrogens is 296 g/mol. The highest BCUT2D eigenvalue weighted by Crippen LogP contribution is 2.19. The van der Waals surface area contributed by atoms with Crippen molar-refractivity contribution in [3.63, 3.8) is 0 Å². The van der Waals surface area contributed by atoms with Crippen LogP contribution in [0.25, 0.3) is 11.4 Å². The number of carboxylic acids is 1. The van der Waals surface area contributed by atoms with Crippen molar-refractivity contribution in [1.82, 2.24) is 9.97 Å². The Morgan fingerprint density at radius 2 is 1.83 bits per heavy atom. The minimum Gasteiger partial charge on any atom is -0.543 e. The highest BCUT2D eigenvalue weighted by Gasteiger charge is 2.21. The van der Waals surface area contributed by atoms with Gasteiger partial charge in [0, 0.05) is 5.56 Å². The number of aromatic nitrogens is 2. The SMILES string of the molecule is Cc1nc(-c2ccccc2)nc(C(=O)[O-])c1C(=O)OCC(C)C. The summed E-state index contributed by atoms with van der Waals surface area (Å²) in [6.07, 6.45) is 0. The second kappa shape index (κ2) is 7.00. The quantitative estimate of drug-likeness (QED) is 0.779. The number of nitrogens with zero attached hydrogens (tertiary/aromatic N) is 2. The second-order valence-corrected chi connectivity index (χ2v) is 5.50. The van der Waals surface area contributed by atoms with E-state index in [1.54, 1.807) is 31.2 Å². The van der Waals surface area contributed by atoms with Crippen LogP contribution in [0.15, 0.2) is 30.3 Å². The number of aromatic carboxylic acids is 1. The molecule has 0 aliphatic rings. The maximum Gasteiger partial charge on any atom is 0.342 e. The largest absolute Gasteiger partial charge is 0.543 e. The maximum atomic E-state index is 12.1. The van der Waals surface area contributed by atoms with Crippen LogP contribution < -0.4 is 5.11 Å². The third-order valence-electron chi connectivity index (χ3n) is 3.07. The lowest BCUT2D eigenvalue weighted by Crippen LogP contribution is -2.28. The predicted molar refractivity (Wildman–Crippen MR) is 81.7 cm³/mol. The molecule has 6 heteroatoms. The van der Waals surface area contributed by atoms with Gasteiger partial charge < -0.3 is 14.6 Å². The molecule has 0 bridgehead atoms. The fourth-order valence-corrected chi connectivity index (χ4v) is 2.00. The van der Waals surface area contributed by atoms with E-state index in [-0.39, 0.29) is 29.6 Å². The molecule has 0 atom stereocenters. The van der Waals surface area contributed by atoms with E-state index in [2.05, 4.69) is 9.97 Å². The lowest BCUT2D eigenvalue weighted by atomic mass is 10.1. The molecule has 0 radical (unpaired) electrons. The summed E-state index contributed by atoms with van der Waals surface area (Å²) in [6.45, 7) is 5.50. The first-order valence-electron chi connectivity index (χ1n) is 7.22. The number of ether oxygens (including phenoxy) is 1. The second-order valence-electron chi connectivity index (χ2n) is 5.50. The Morgan fingerprint density at radius 1 is 1.17 bits per heavy atom. The van der Waals surface area contributed by atoms with Crippen molar-refractivity contribution in [1.29, 1.82) is 0 Å². The Hall–Kier alpha value is -2.76. The van der Waals surface area contributed by atoms with Crippen molar-refractivity contribution in [3.8, 4) is 11.4 Å². The Kier molecular flexibility index (Phi) is 5.05. The predicted octanol–water partition coefficient (Wildman–Crippen LogP) is 1.63. The van der Waals surface area contributed by atoms with E-state index in [1.165, 1.54) is 0 Å². The number of carbonyl (C=O) groups is 2. The first-order valence-corrected chi connectivity index (χ1v) is 7.22. The Balaban J connectivity index is 2.48. The molecule has 0 N–H and O–H groups in total. The van der Waals surface area contributed by atoms with E-state index < -0.39 is 17.6 Å². The zero-order valence-corrected chi connectivity index (χ0v) is 13.2. The van der Waals surface area contributed by atoms with Crippen molar-refractivity contribution in [2.45, 2.75) is 20.8 Å². The molecule has 0 spiro atoms. The molecule has 0 aliphatic carbocycles. The standard InChI is InChI=1S/C17H18N2O4/c1-10(2)9-23-17(22)13-11(3)18-15(19-14(13)16(20)21)12-7-5-4-6-8-12/h4-8,10H,9H2,1-3H3,(H,20,21)/p-1. The molecular formula is C17H17N2O4-. The summed E-state index contributed by atoms with van der Waals surface area (Å²) < 4.78 is 5.10. The molecule has 2 rings (SSSR count). The van der Waals surface area contributed by atoms with Gasteiger partial charge >= 0.3 is 5.97 Å². The molecule has 1 aromatic heterocycles. The molecule has 0 saturated heterocycles. The molecule has 23 heavy (non-hydrogen) atoms. The molecule has 0 amide bonds. The van der Waals surface area contributed by atoms with Crippen LogP contribution in [0, 0.1) is 12.8 Å². The van der Waals surface area contributed by atoms with Crippen LogP contribution in [0.3, 0.4) is 0 Å². The summed E-state index contributed by atoms with van der Waals surface area (Å²) >= 11 is 0. The summed E-state index contributed by atoms with van der Waals surface area (Å²) in [7, 11) is 0. The third-order valence-corrected chi connectivity index (χ3v) is 3.07. The number of carboxylic acid groups (broad SMARTS) is 1. The van der Waals surface area contributed by atoms with Gasteiger partial charge in [0.15, 0.2) is 5.82 Å². The van der Waals surface area contributed by atoms with E-state index in [4.69, 9.17) is 4.74 Å². The average molecular weight is 313 g/mol. The van der Waals surface area contributed by atoms with Gasteiger partial charge in [-0.15, -0.1) is 0 Å². The van der Waals surface area contributed by atoms with Crippen LogP contribution in [-0.2, 0) is 4.74 Å². The fourth-order valence-electron chi connectivity index (χ4n) is 2.00. The molecule has 0 aliphatic heterocycles.